The second-order valence-corrected chi connectivity index (χ2v) is 5.52. The molecule has 1 aromatic rings. The van der Waals surface area contributed by atoms with Gasteiger partial charge < -0.3 is 15.7 Å². The van der Waals surface area contributed by atoms with E-state index in [-0.39, 0.29) is 17.8 Å². The minimum atomic E-state index is -1.06. The number of amides is 2. The topological polar surface area (TPSA) is 91.3 Å². The fraction of sp³-hybridized carbons (Fsp3) is 0.533. The first-order valence-electron chi connectivity index (χ1n) is 7.29. The van der Waals surface area contributed by atoms with Gasteiger partial charge in [0.05, 0.1) is 0 Å². The van der Waals surface area contributed by atoms with Crippen LogP contribution in [-0.2, 0) is 6.54 Å². The number of hydrogen-bond acceptors (Lipinski definition) is 3. The summed E-state index contributed by atoms with van der Waals surface area (Å²) < 4.78 is 0. The van der Waals surface area contributed by atoms with E-state index in [0.29, 0.717) is 12.5 Å². The van der Waals surface area contributed by atoms with Crippen LogP contribution in [0, 0.1) is 5.92 Å². The molecular formula is C15H21N3O3. The third-order valence-corrected chi connectivity index (χ3v) is 3.96. The van der Waals surface area contributed by atoms with Gasteiger partial charge in [-0.25, -0.2) is 14.6 Å². The van der Waals surface area contributed by atoms with Crippen LogP contribution < -0.4 is 10.6 Å². The smallest absolute Gasteiger partial charge is 0.354 e. The van der Waals surface area contributed by atoms with Crippen LogP contribution in [0.2, 0.25) is 0 Å². The number of nitrogens with one attached hydrogen (secondary N) is 2. The summed E-state index contributed by atoms with van der Waals surface area (Å²) in [5, 5.41) is 14.5. The summed E-state index contributed by atoms with van der Waals surface area (Å²) in [7, 11) is 0. The van der Waals surface area contributed by atoms with Crippen molar-refractivity contribution in [3.8, 4) is 0 Å². The largest absolute Gasteiger partial charge is 0.477 e. The SMILES string of the molecule is CC(NC(=O)NCc1ccc(C(=O)O)nc1)C1CCCC1. The number of carboxylic acid groups (broad SMARTS) is 1. The fourth-order valence-corrected chi connectivity index (χ4v) is 2.67. The van der Waals surface area contributed by atoms with E-state index in [0.717, 1.165) is 5.56 Å². The number of nitrogens with zero attached hydrogens (tertiary/aromatic N) is 1. The molecule has 2 rings (SSSR count). The van der Waals surface area contributed by atoms with Crippen molar-refractivity contribution in [3.05, 3.63) is 29.6 Å². The van der Waals surface area contributed by atoms with Crippen LogP contribution in [0.15, 0.2) is 18.3 Å². The first kappa shape index (κ1) is 15.3. The summed E-state index contributed by atoms with van der Waals surface area (Å²) in [6, 6.07) is 3.06. The Morgan fingerprint density at radius 3 is 2.67 bits per heavy atom. The molecule has 0 radical (unpaired) electrons. The zero-order chi connectivity index (χ0) is 15.2. The van der Waals surface area contributed by atoms with Crippen molar-refractivity contribution in [2.24, 2.45) is 5.92 Å². The number of rotatable bonds is 5. The summed E-state index contributed by atoms with van der Waals surface area (Å²) in [5.41, 5.74) is 0.765. The molecule has 0 spiro atoms. The third kappa shape index (κ3) is 4.44. The second-order valence-electron chi connectivity index (χ2n) is 5.52. The first-order chi connectivity index (χ1) is 10.1. The lowest BCUT2D eigenvalue weighted by Crippen LogP contribution is -2.43. The van der Waals surface area contributed by atoms with E-state index in [1.807, 2.05) is 6.92 Å². The molecular weight excluding hydrogens is 270 g/mol. The standard InChI is InChI=1S/C15H21N3O3/c1-10(12-4-2-3-5-12)18-15(21)17-9-11-6-7-13(14(19)20)16-8-11/h6-8,10,12H,2-5,9H2,1H3,(H,19,20)(H2,17,18,21). The molecule has 1 saturated carbocycles. The van der Waals surface area contributed by atoms with Crippen molar-refractivity contribution < 1.29 is 14.7 Å². The second kappa shape index (κ2) is 7.06. The molecule has 1 heterocycles. The van der Waals surface area contributed by atoms with Crippen LogP contribution in [0.4, 0.5) is 4.79 Å². The Bertz CT molecular complexity index is 495. The molecule has 1 atom stereocenters. The van der Waals surface area contributed by atoms with Gasteiger partial charge in [-0.2, -0.15) is 0 Å². The van der Waals surface area contributed by atoms with E-state index >= 15 is 0 Å². The Morgan fingerprint density at radius 1 is 1.38 bits per heavy atom. The zero-order valence-electron chi connectivity index (χ0n) is 12.1. The van der Waals surface area contributed by atoms with Gasteiger partial charge in [-0.05, 0) is 37.3 Å². The minimum Gasteiger partial charge on any atom is -0.477 e. The van der Waals surface area contributed by atoms with Gasteiger partial charge >= 0.3 is 12.0 Å². The number of hydrogen-bond donors (Lipinski definition) is 3. The summed E-state index contributed by atoms with van der Waals surface area (Å²) >= 11 is 0. The van der Waals surface area contributed by atoms with Crippen molar-refractivity contribution in [2.75, 3.05) is 0 Å². The van der Waals surface area contributed by atoms with E-state index in [1.165, 1.54) is 37.9 Å². The van der Waals surface area contributed by atoms with E-state index in [2.05, 4.69) is 15.6 Å². The van der Waals surface area contributed by atoms with Gasteiger partial charge in [-0.3, -0.25) is 0 Å². The lowest BCUT2D eigenvalue weighted by Gasteiger charge is -2.20. The number of urea groups is 1. The maximum Gasteiger partial charge on any atom is 0.354 e. The molecule has 0 aromatic carbocycles. The van der Waals surface area contributed by atoms with Crippen molar-refractivity contribution in [2.45, 2.75) is 45.2 Å². The van der Waals surface area contributed by atoms with Crippen LogP contribution >= 0.6 is 0 Å². The highest BCUT2D eigenvalue weighted by Gasteiger charge is 2.22. The van der Waals surface area contributed by atoms with E-state index in [4.69, 9.17) is 5.11 Å². The number of carbonyl (C=O) groups is 2. The predicted molar refractivity (Wildman–Crippen MR) is 78.0 cm³/mol. The van der Waals surface area contributed by atoms with Gasteiger partial charge in [0.15, 0.2) is 0 Å². The molecule has 1 aliphatic rings. The Hall–Kier alpha value is -2.11. The molecule has 1 aromatic heterocycles. The normalized spacial score (nSPS) is 16.4. The highest BCUT2D eigenvalue weighted by Crippen LogP contribution is 2.27. The van der Waals surface area contributed by atoms with E-state index in [1.54, 1.807) is 6.07 Å². The molecule has 1 fully saturated rings. The lowest BCUT2D eigenvalue weighted by molar-refractivity contribution is 0.0690. The van der Waals surface area contributed by atoms with Crippen molar-refractivity contribution in [1.29, 1.82) is 0 Å². The Kier molecular flexibility index (Phi) is 5.14. The molecule has 1 aliphatic carbocycles. The molecule has 6 heteroatoms. The molecule has 1 unspecified atom stereocenters. The maximum atomic E-state index is 11.8. The summed E-state index contributed by atoms with van der Waals surface area (Å²) in [6.45, 7) is 2.37. The fourth-order valence-electron chi connectivity index (χ4n) is 2.67. The maximum absolute atomic E-state index is 11.8. The number of pyridine rings is 1. The molecule has 0 aliphatic heterocycles. The van der Waals surface area contributed by atoms with Gasteiger partial charge in [0, 0.05) is 18.8 Å². The number of aromatic carboxylic acids is 1. The van der Waals surface area contributed by atoms with E-state index in [9.17, 15) is 9.59 Å². The molecule has 0 bridgehead atoms. The van der Waals surface area contributed by atoms with Crippen LogP contribution in [0.1, 0.15) is 48.7 Å². The number of carboxylic acids is 1. The van der Waals surface area contributed by atoms with Crippen molar-refractivity contribution >= 4 is 12.0 Å². The van der Waals surface area contributed by atoms with Gasteiger partial charge in [0.2, 0.25) is 0 Å². The highest BCUT2D eigenvalue weighted by molar-refractivity contribution is 5.85. The monoisotopic (exact) mass is 291 g/mol. The quantitative estimate of drug-likeness (QED) is 0.775. The van der Waals surface area contributed by atoms with Crippen LogP contribution in [0.25, 0.3) is 0 Å². The Balaban J connectivity index is 1.76. The third-order valence-electron chi connectivity index (χ3n) is 3.96. The highest BCUT2D eigenvalue weighted by atomic mass is 16.4. The number of carbonyl (C=O) groups excluding carboxylic acids is 1. The molecule has 0 saturated heterocycles. The first-order valence-corrected chi connectivity index (χ1v) is 7.29. The van der Waals surface area contributed by atoms with Crippen LogP contribution in [-0.4, -0.2) is 28.1 Å². The molecule has 6 nitrogen and oxygen atoms in total. The zero-order valence-corrected chi connectivity index (χ0v) is 12.1. The molecule has 114 valence electrons. The van der Waals surface area contributed by atoms with Gasteiger partial charge in [0.1, 0.15) is 5.69 Å². The Morgan fingerprint density at radius 2 is 2.10 bits per heavy atom. The summed E-state index contributed by atoms with van der Waals surface area (Å²) in [5.74, 6) is -0.482. The lowest BCUT2D eigenvalue weighted by atomic mass is 10.0. The average molecular weight is 291 g/mol. The average Bonchev–Trinajstić information content (AvgIpc) is 3.00. The molecule has 2 amide bonds. The van der Waals surface area contributed by atoms with Crippen LogP contribution in [0.3, 0.4) is 0 Å². The van der Waals surface area contributed by atoms with Gasteiger partial charge in [0.25, 0.3) is 0 Å². The minimum absolute atomic E-state index is 0.00180. The molecule has 3 N–H and O–H groups in total. The Labute approximate surface area is 124 Å². The number of aromatic nitrogens is 1. The summed E-state index contributed by atoms with van der Waals surface area (Å²) in [4.78, 5) is 26.3. The van der Waals surface area contributed by atoms with Gasteiger partial charge in [-0.1, -0.05) is 18.9 Å². The van der Waals surface area contributed by atoms with Crippen LogP contribution in [0.5, 0.6) is 0 Å². The summed E-state index contributed by atoms with van der Waals surface area (Å²) in [6.07, 6.45) is 6.33. The van der Waals surface area contributed by atoms with Crippen molar-refractivity contribution in [1.82, 2.24) is 15.6 Å². The van der Waals surface area contributed by atoms with E-state index < -0.39 is 5.97 Å². The predicted octanol–water partition coefficient (Wildman–Crippen LogP) is 2.16. The molecule has 21 heavy (non-hydrogen) atoms. The van der Waals surface area contributed by atoms with Crippen molar-refractivity contribution in [3.63, 3.8) is 0 Å². The van der Waals surface area contributed by atoms with Gasteiger partial charge in [-0.15, -0.1) is 0 Å².